The first-order chi connectivity index (χ1) is 26.4. The molecule has 0 aliphatic rings. The highest BCUT2D eigenvalue weighted by atomic mass is 35.5. The fraction of sp³-hybridized carbons (Fsp3) is 0.250. The van der Waals surface area contributed by atoms with E-state index in [1.807, 2.05) is 129 Å². The van der Waals surface area contributed by atoms with Gasteiger partial charge in [0.25, 0.3) is 0 Å². The van der Waals surface area contributed by atoms with E-state index in [1.54, 1.807) is 48.5 Å². The number of halogens is 2. The number of aromatic hydroxyl groups is 2. The lowest BCUT2D eigenvalue weighted by molar-refractivity contribution is -0.657. The molecule has 2 aromatic heterocycles. The van der Waals surface area contributed by atoms with E-state index in [4.69, 9.17) is 10.8 Å². The number of azo groups is 3. The van der Waals surface area contributed by atoms with Crippen LogP contribution in [0.25, 0.3) is 0 Å². The van der Waals surface area contributed by atoms with Crippen LogP contribution >= 0.6 is 0 Å². The molecule has 2 heterocycles. The summed E-state index contributed by atoms with van der Waals surface area (Å²) in [5, 5.41) is 50.8. The van der Waals surface area contributed by atoms with Crippen molar-refractivity contribution in [3.05, 3.63) is 115 Å². The van der Waals surface area contributed by atoms with E-state index >= 15 is 0 Å². The zero-order valence-corrected chi connectivity index (χ0v) is 34.9. The monoisotopic (exact) mass is 815 g/mol. The molecule has 0 aliphatic carbocycles. The lowest BCUT2D eigenvalue weighted by atomic mass is 10.1. The third-order valence-corrected chi connectivity index (χ3v) is 8.09. The molecular weight excluding hydrogens is 765 g/mol. The Balaban J connectivity index is 0.000000326. The number of hydrogen-bond donors (Lipinski definition) is 5. The van der Waals surface area contributed by atoms with Gasteiger partial charge in [-0.05, 0) is 99.5 Å². The zero-order chi connectivity index (χ0) is 39.9. The Kier molecular flexibility index (Phi) is 18.8. The van der Waals surface area contributed by atoms with Gasteiger partial charge in [-0.1, -0.05) is 16.3 Å². The van der Waals surface area contributed by atoms with Crippen LogP contribution < -0.4 is 50.3 Å². The highest BCUT2D eigenvalue weighted by Gasteiger charge is 2.11. The first-order valence-corrected chi connectivity index (χ1v) is 17.7. The maximum Gasteiger partial charge on any atom is 0.421 e. The maximum absolute atomic E-state index is 10.1. The summed E-state index contributed by atoms with van der Waals surface area (Å²) in [7, 11) is 7.69. The Morgan fingerprint density at radius 2 is 1.04 bits per heavy atom. The topological polar surface area (TPSA) is 182 Å². The summed E-state index contributed by atoms with van der Waals surface area (Å²) in [6, 6.07) is 23.3. The standard InChI is InChI=1S/C20H23N7O.C11H13N5.C9H13NO.2ClH/c1-5-21-17-13-19(28)18(12-14(17)2)24-22-15-6-8-16(9-7-15)23-25-20-26(3)10-11-27(20)4;1-15-7-8-16(2)11(15)14-13-10-5-3-9(12)4-6-10;1-3-10-9-6-8(11)5-4-7(9)2;;/h6-13H,5H2,1-4H3,(H,21,28);3-8,12H,1-2H3;4-6,10-11H,3H2,1-2H3;2*1H. The molecule has 6 aromatic rings. The molecule has 0 saturated heterocycles. The molecule has 57 heavy (non-hydrogen) atoms. The minimum Gasteiger partial charge on any atom is -1.00 e. The lowest BCUT2D eigenvalue weighted by Gasteiger charge is -2.09. The van der Waals surface area contributed by atoms with E-state index in [0.717, 1.165) is 58.9 Å². The Morgan fingerprint density at radius 1 is 0.596 bits per heavy atom. The average Bonchev–Trinajstić information content (AvgIpc) is 3.67. The van der Waals surface area contributed by atoms with Crippen LogP contribution in [0.5, 0.6) is 11.5 Å². The molecule has 15 nitrogen and oxygen atoms in total. The van der Waals surface area contributed by atoms with E-state index < -0.39 is 0 Å². The number of nitrogen functional groups attached to an aromatic ring is 1. The van der Waals surface area contributed by atoms with Crippen molar-refractivity contribution in [1.29, 1.82) is 0 Å². The van der Waals surface area contributed by atoms with Crippen molar-refractivity contribution in [2.75, 3.05) is 29.5 Å². The molecule has 0 unspecified atom stereocenters. The summed E-state index contributed by atoms with van der Waals surface area (Å²) in [4.78, 5) is 0. The summed E-state index contributed by atoms with van der Waals surface area (Å²) in [5.74, 6) is 1.94. The number of nitrogens with zero attached hydrogens (tertiary/aromatic N) is 10. The third-order valence-electron chi connectivity index (χ3n) is 8.09. The van der Waals surface area contributed by atoms with E-state index in [-0.39, 0.29) is 30.6 Å². The largest absolute Gasteiger partial charge is 1.00 e. The number of imidazole rings is 2. The smallest absolute Gasteiger partial charge is 0.421 e. The van der Waals surface area contributed by atoms with Gasteiger partial charge in [0, 0.05) is 52.5 Å². The quantitative estimate of drug-likeness (QED) is 0.0808. The van der Waals surface area contributed by atoms with Gasteiger partial charge in [0.05, 0.1) is 58.7 Å². The van der Waals surface area contributed by atoms with Crippen LogP contribution in [0.3, 0.4) is 0 Å². The van der Waals surface area contributed by atoms with Crippen LogP contribution in [0.2, 0.25) is 0 Å². The number of nitrogens with two attached hydrogens (primary N) is 1. The zero-order valence-electron chi connectivity index (χ0n) is 33.4. The predicted octanol–water partition coefficient (Wildman–Crippen LogP) is 3.11. The summed E-state index contributed by atoms with van der Waals surface area (Å²) in [5.41, 5.74) is 13.0. The van der Waals surface area contributed by atoms with Gasteiger partial charge in [-0.2, -0.15) is 5.11 Å². The fourth-order valence-electron chi connectivity index (χ4n) is 5.02. The second-order valence-electron chi connectivity index (χ2n) is 12.6. The van der Waals surface area contributed by atoms with Crippen molar-refractivity contribution in [3.63, 3.8) is 0 Å². The molecule has 0 radical (unpaired) electrons. The average molecular weight is 817 g/mol. The summed E-state index contributed by atoms with van der Waals surface area (Å²) < 4.78 is 7.59. The van der Waals surface area contributed by atoms with Crippen molar-refractivity contribution in [3.8, 4) is 11.5 Å². The van der Waals surface area contributed by atoms with Gasteiger partial charge in [0.15, 0.2) is 0 Å². The normalized spacial score (nSPS) is 10.7. The molecule has 0 bridgehead atoms. The molecule has 0 saturated carbocycles. The molecule has 0 fully saturated rings. The van der Waals surface area contributed by atoms with Gasteiger partial charge in [-0.25, -0.2) is 18.3 Å². The van der Waals surface area contributed by atoms with Crippen molar-refractivity contribution in [1.82, 2.24) is 9.13 Å². The van der Waals surface area contributed by atoms with E-state index in [9.17, 15) is 5.11 Å². The molecule has 6 N–H and O–H groups in total. The van der Waals surface area contributed by atoms with Crippen molar-refractivity contribution >= 4 is 51.7 Å². The van der Waals surface area contributed by atoms with Gasteiger partial charge in [-0.3, -0.25) is 0 Å². The molecule has 0 aliphatic heterocycles. The van der Waals surface area contributed by atoms with Crippen molar-refractivity contribution in [2.45, 2.75) is 27.7 Å². The van der Waals surface area contributed by atoms with Crippen LogP contribution in [0.1, 0.15) is 25.0 Å². The second kappa shape index (κ2) is 22.9. The summed E-state index contributed by atoms with van der Waals surface area (Å²) in [6.07, 6.45) is 7.69. The Morgan fingerprint density at radius 3 is 1.47 bits per heavy atom. The maximum atomic E-state index is 10.1. The molecule has 0 spiro atoms. The Bertz CT molecular complexity index is 2210. The highest BCUT2D eigenvalue weighted by Crippen LogP contribution is 2.34. The molecular formula is C40H51Cl2N13O2. The Labute approximate surface area is 346 Å². The molecule has 6 rings (SSSR count). The summed E-state index contributed by atoms with van der Waals surface area (Å²) in [6.45, 7) is 9.68. The van der Waals surface area contributed by atoms with E-state index in [0.29, 0.717) is 22.8 Å². The molecule has 302 valence electrons. The number of benzene rings is 4. The molecule has 17 heteroatoms. The van der Waals surface area contributed by atoms with Crippen LogP contribution in [-0.2, 0) is 28.2 Å². The number of aryl methyl sites for hydroxylation is 6. The van der Waals surface area contributed by atoms with Gasteiger partial charge >= 0.3 is 11.9 Å². The van der Waals surface area contributed by atoms with Gasteiger partial charge < -0.3 is 51.4 Å². The van der Waals surface area contributed by atoms with Crippen molar-refractivity contribution in [2.24, 2.45) is 58.9 Å². The first kappa shape index (κ1) is 46.8. The number of aromatic nitrogens is 4. The fourth-order valence-corrected chi connectivity index (χ4v) is 5.02. The van der Waals surface area contributed by atoms with Gasteiger partial charge in [-0.15, -0.1) is 5.11 Å². The SMILES string of the molecule is CCNc1cc(O)c(N=Nc2ccc(N=Nc3n(C)cc[n+]3C)cc2)cc1C.CCNc1cc(O)ccc1C.Cn1cc[n+](C)c1N=Nc1ccc(N)cc1.[Cl-].[Cl-]. The number of nitrogens with one attached hydrogen (secondary N) is 2. The third kappa shape index (κ3) is 14.0. The number of phenolic OH excluding ortho intramolecular Hbond substituents is 2. The summed E-state index contributed by atoms with van der Waals surface area (Å²) >= 11 is 0. The van der Waals surface area contributed by atoms with Crippen LogP contribution in [-0.4, -0.2) is 32.4 Å². The highest BCUT2D eigenvalue weighted by molar-refractivity contribution is 5.64. The molecule has 4 aromatic carbocycles. The minimum absolute atomic E-state index is 0. The van der Waals surface area contributed by atoms with Crippen LogP contribution in [0.15, 0.2) is 134 Å². The number of phenols is 2. The van der Waals surface area contributed by atoms with Crippen LogP contribution in [0.4, 0.5) is 51.7 Å². The molecule has 0 atom stereocenters. The van der Waals surface area contributed by atoms with Gasteiger partial charge in [0.2, 0.25) is 0 Å². The van der Waals surface area contributed by atoms with Crippen LogP contribution in [0, 0.1) is 13.8 Å². The van der Waals surface area contributed by atoms with E-state index in [1.165, 1.54) is 0 Å². The molecule has 0 amide bonds. The number of rotatable bonds is 10. The first-order valence-electron chi connectivity index (χ1n) is 17.7. The lowest BCUT2D eigenvalue weighted by Crippen LogP contribution is -3.00. The second-order valence-corrected chi connectivity index (χ2v) is 12.6. The number of hydrogen-bond acceptors (Lipinski definition) is 11. The van der Waals surface area contributed by atoms with Crippen molar-refractivity contribution < 1.29 is 44.2 Å². The predicted molar refractivity (Wildman–Crippen MR) is 217 cm³/mol. The minimum atomic E-state index is 0. The Hall–Kier alpha value is -6.32. The number of anilines is 3. The van der Waals surface area contributed by atoms with Gasteiger partial charge in [0.1, 0.15) is 28.6 Å². The van der Waals surface area contributed by atoms with E-state index in [2.05, 4.69) is 41.3 Å².